The summed E-state index contributed by atoms with van der Waals surface area (Å²) in [6.45, 7) is 13.0. The second-order valence-corrected chi connectivity index (χ2v) is 8.81. The Morgan fingerprint density at radius 1 is 1.32 bits per heavy atom. The van der Waals surface area contributed by atoms with Crippen molar-refractivity contribution in [3.63, 3.8) is 0 Å². The molecule has 146 valence electrons. The van der Waals surface area contributed by atoms with E-state index in [1.165, 1.54) is 5.56 Å². The highest BCUT2D eigenvalue weighted by Crippen LogP contribution is 2.42. The molecule has 1 aliphatic rings. The predicted molar refractivity (Wildman–Crippen MR) is 115 cm³/mol. The van der Waals surface area contributed by atoms with Crippen LogP contribution in [0.1, 0.15) is 45.2 Å². The first kappa shape index (κ1) is 19.0. The normalized spacial score (nSPS) is 18.1. The first-order valence-electron chi connectivity index (χ1n) is 9.79. The molecule has 0 spiro atoms. The second-order valence-electron chi connectivity index (χ2n) is 7.87. The highest BCUT2D eigenvalue weighted by atomic mass is 32.2. The topological polar surface area (TPSA) is 52.2 Å². The molecule has 0 N–H and O–H groups in total. The fourth-order valence-electron chi connectivity index (χ4n) is 4.00. The number of hydrogen-bond donors (Lipinski definition) is 0. The van der Waals surface area contributed by atoms with Crippen molar-refractivity contribution in [3.8, 4) is 11.3 Å². The SMILES string of the molecule is C=C(C)CSc1nn(CC)c2nc3c(c(=O)n12)C(C)(CC)Cc1ccccc1-3. The van der Waals surface area contributed by atoms with Gasteiger partial charge < -0.3 is 0 Å². The summed E-state index contributed by atoms with van der Waals surface area (Å²) in [6, 6.07) is 8.32. The summed E-state index contributed by atoms with van der Waals surface area (Å²) in [4.78, 5) is 18.8. The molecular formula is C22H26N4OS. The largest absolute Gasteiger partial charge is 0.268 e. The maximum atomic E-state index is 13.8. The summed E-state index contributed by atoms with van der Waals surface area (Å²) >= 11 is 1.54. The van der Waals surface area contributed by atoms with Gasteiger partial charge in [-0.1, -0.05) is 62.0 Å². The summed E-state index contributed by atoms with van der Waals surface area (Å²) < 4.78 is 3.53. The molecule has 0 saturated carbocycles. The Morgan fingerprint density at radius 3 is 2.75 bits per heavy atom. The molecule has 28 heavy (non-hydrogen) atoms. The highest BCUT2D eigenvalue weighted by molar-refractivity contribution is 7.99. The third-order valence-electron chi connectivity index (χ3n) is 5.68. The van der Waals surface area contributed by atoms with Crippen LogP contribution < -0.4 is 5.56 Å². The average molecular weight is 395 g/mol. The van der Waals surface area contributed by atoms with Crippen molar-refractivity contribution < 1.29 is 0 Å². The number of thioether (sulfide) groups is 1. The Bertz CT molecular complexity index is 1140. The van der Waals surface area contributed by atoms with Gasteiger partial charge in [0.1, 0.15) is 0 Å². The Kier molecular flexibility index (Phi) is 4.70. The van der Waals surface area contributed by atoms with Crippen LogP contribution in [0.25, 0.3) is 17.0 Å². The Morgan fingerprint density at radius 2 is 2.07 bits per heavy atom. The van der Waals surface area contributed by atoms with Gasteiger partial charge >= 0.3 is 0 Å². The molecule has 1 aromatic carbocycles. The minimum atomic E-state index is -0.237. The van der Waals surface area contributed by atoms with E-state index < -0.39 is 0 Å². The first-order valence-corrected chi connectivity index (χ1v) is 10.8. The molecule has 0 fully saturated rings. The number of nitrogens with zero attached hydrogens (tertiary/aromatic N) is 4. The van der Waals surface area contributed by atoms with Gasteiger partial charge in [-0.25, -0.2) is 14.1 Å². The van der Waals surface area contributed by atoms with Crippen molar-refractivity contribution in [1.29, 1.82) is 0 Å². The molecule has 0 aliphatic heterocycles. The van der Waals surface area contributed by atoms with Crippen molar-refractivity contribution in [3.05, 3.63) is 57.9 Å². The van der Waals surface area contributed by atoms with Crippen molar-refractivity contribution in [2.24, 2.45) is 0 Å². The van der Waals surface area contributed by atoms with Gasteiger partial charge in [0, 0.05) is 23.3 Å². The van der Waals surface area contributed by atoms with Gasteiger partial charge in [0.25, 0.3) is 5.56 Å². The molecule has 1 aliphatic carbocycles. The summed E-state index contributed by atoms with van der Waals surface area (Å²) in [5.74, 6) is 1.35. The maximum absolute atomic E-state index is 13.8. The molecule has 6 heteroatoms. The lowest BCUT2D eigenvalue weighted by molar-refractivity contribution is 0.439. The average Bonchev–Trinajstić information content (AvgIpc) is 3.04. The number of rotatable bonds is 5. The fourth-order valence-corrected chi connectivity index (χ4v) is 4.82. The van der Waals surface area contributed by atoms with Gasteiger partial charge in [0.05, 0.1) is 11.3 Å². The monoisotopic (exact) mass is 394 g/mol. The zero-order chi connectivity index (χ0) is 20.1. The minimum Gasteiger partial charge on any atom is -0.268 e. The molecule has 5 nitrogen and oxygen atoms in total. The van der Waals surface area contributed by atoms with Crippen LogP contribution in [-0.4, -0.2) is 24.9 Å². The quantitative estimate of drug-likeness (QED) is 0.473. The summed E-state index contributed by atoms with van der Waals surface area (Å²) in [5.41, 5.74) is 4.80. The lowest BCUT2D eigenvalue weighted by atomic mass is 9.69. The number of aryl methyl sites for hydroxylation is 1. The van der Waals surface area contributed by atoms with E-state index in [9.17, 15) is 4.79 Å². The van der Waals surface area contributed by atoms with E-state index in [2.05, 4.69) is 43.7 Å². The van der Waals surface area contributed by atoms with Crippen LogP contribution in [0.4, 0.5) is 0 Å². The van der Waals surface area contributed by atoms with E-state index in [0.717, 1.165) is 41.0 Å². The molecule has 0 radical (unpaired) electrons. The van der Waals surface area contributed by atoms with E-state index in [4.69, 9.17) is 4.98 Å². The van der Waals surface area contributed by atoms with Crippen LogP contribution in [-0.2, 0) is 18.4 Å². The third kappa shape index (κ3) is 2.82. The molecule has 2 heterocycles. The van der Waals surface area contributed by atoms with Crippen LogP contribution in [0, 0.1) is 0 Å². The van der Waals surface area contributed by atoms with Crippen LogP contribution in [0.2, 0.25) is 0 Å². The van der Waals surface area contributed by atoms with E-state index >= 15 is 0 Å². The molecule has 3 aromatic rings. The van der Waals surface area contributed by atoms with E-state index in [1.54, 1.807) is 16.2 Å². The number of fused-ring (bicyclic) bond motifs is 4. The predicted octanol–water partition coefficient (Wildman–Crippen LogP) is 4.47. The van der Waals surface area contributed by atoms with Crippen molar-refractivity contribution in [1.82, 2.24) is 19.2 Å². The van der Waals surface area contributed by atoms with E-state index in [0.29, 0.717) is 17.5 Å². The highest BCUT2D eigenvalue weighted by Gasteiger charge is 2.38. The molecule has 2 aromatic heterocycles. The first-order chi connectivity index (χ1) is 13.4. The van der Waals surface area contributed by atoms with Gasteiger partial charge in [-0.05, 0) is 32.3 Å². The van der Waals surface area contributed by atoms with Gasteiger partial charge in [0.15, 0.2) is 5.16 Å². The fraction of sp³-hybridized carbons (Fsp3) is 0.409. The Labute approximate surface area is 169 Å². The van der Waals surface area contributed by atoms with Crippen molar-refractivity contribution >= 4 is 17.5 Å². The zero-order valence-corrected chi connectivity index (χ0v) is 17.8. The second kappa shape index (κ2) is 6.92. The molecule has 0 amide bonds. The van der Waals surface area contributed by atoms with Gasteiger partial charge in [0.2, 0.25) is 5.78 Å². The molecule has 0 saturated heterocycles. The molecule has 1 unspecified atom stereocenters. The molecular weight excluding hydrogens is 368 g/mol. The standard InChI is InChI=1S/C22H26N4OS/c1-6-22(5)12-15-10-8-9-11-16(15)18-17(22)19(27)26-20(23-18)25(7-2)24-21(26)28-13-14(3)4/h8-11H,3,6-7,12-13H2,1-2,4-5H3. The number of hydrogen-bond acceptors (Lipinski definition) is 4. The van der Waals surface area contributed by atoms with Crippen LogP contribution in [0.15, 0.2) is 46.4 Å². The summed E-state index contributed by atoms with van der Waals surface area (Å²) in [7, 11) is 0. The van der Waals surface area contributed by atoms with Crippen LogP contribution in [0.5, 0.6) is 0 Å². The summed E-state index contributed by atoms with van der Waals surface area (Å²) in [5, 5.41) is 5.37. The van der Waals surface area contributed by atoms with Crippen molar-refractivity contribution in [2.45, 2.75) is 57.7 Å². The van der Waals surface area contributed by atoms with E-state index in [-0.39, 0.29) is 11.0 Å². The Hall–Kier alpha value is -2.34. The van der Waals surface area contributed by atoms with Crippen LogP contribution >= 0.6 is 11.8 Å². The number of benzene rings is 1. The smallest absolute Gasteiger partial charge is 0.265 e. The lowest BCUT2D eigenvalue weighted by Crippen LogP contribution is -2.37. The zero-order valence-electron chi connectivity index (χ0n) is 17.0. The molecule has 1 atom stereocenters. The molecule has 4 rings (SSSR count). The van der Waals surface area contributed by atoms with Gasteiger partial charge in [-0.3, -0.25) is 4.79 Å². The Balaban J connectivity index is 2.07. The molecule has 0 bridgehead atoms. The van der Waals surface area contributed by atoms with Crippen molar-refractivity contribution in [2.75, 3.05) is 5.75 Å². The third-order valence-corrected chi connectivity index (χ3v) is 6.84. The summed E-state index contributed by atoms with van der Waals surface area (Å²) in [6.07, 6.45) is 1.74. The van der Waals surface area contributed by atoms with E-state index in [1.807, 2.05) is 24.6 Å². The van der Waals surface area contributed by atoms with Gasteiger partial charge in [-0.2, -0.15) is 0 Å². The number of aromatic nitrogens is 4. The lowest BCUT2D eigenvalue weighted by Gasteiger charge is -2.35. The maximum Gasteiger partial charge on any atom is 0.265 e. The van der Waals surface area contributed by atoms with Crippen LogP contribution in [0.3, 0.4) is 0 Å². The van der Waals surface area contributed by atoms with Gasteiger partial charge in [-0.15, -0.1) is 5.10 Å². The minimum absolute atomic E-state index is 0.0165.